The molecule has 38 heavy (non-hydrogen) atoms. The second-order valence-electron chi connectivity index (χ2n) is 15.0. The van der Waals surface area contributed by atoms with E-state index in [-0.39, 0.29) is 40.8 Å². The first-order valence-corrected chi connectivity index (χ1v) is 15.5. The number of carbonyl (C=O) groups is 2. The fraction of sp³-hybridized carbons (Fsp3) is 0.879. The molecule has 5 nitrogen and oxygen atoms in total. The molecule has 0 aromatic rings. The zero-order valence-electron chi connectivity index (χ0n) is 24.8. The molecule has 0 radical (unpaired) electrons. The van der Waals surface area contributed by atoms with E-state index in [1.165, 1.54) is 24.8 Å². The minimum atomic E-state index is -0.501. The van der Waals surface area contributed by atoms with Gasteiger partial charge < -0.3 is 14.6 Å². The molecule has 0 bridgehead atoms. The number of aliphatic hydroxyl groups excluding tert-OH is 1. The number of aliphatic hydroxyl groups is 1. The Bertz CT molecular complexity index is 970. The molecule has 5 fully saturated rings. The van der Waals surface area contributed by atoms with Crippen molar-refractivity contribution in [3.8, 4) is 0 Å². The van der Waals surface area contributed by atoms with Gasteiger partial charge in [0, 0.05) is 0 Å². The summed E-state index contributed by atoms with van der Waals surface area (Å²) in [6.45, 7) is 18.1. The van der Waals surface area contributed by atoms with Crippen LogP contribution in [-0.4, -0.2) is 36.4 Å². The van der Waals surface area contributed by atoms with Gasteiger partial charge in [0.15, 0.2) is 6.61 Å². The van der Waals surface area contributed by atoms with E-state index in [2.05, 4.69) is 41.2 Å². The average molecular weight is 529 g/mol. The molecular formula is C33H52O5. The summed E-state index contributed by atoms with van der Waals surface area (Å²) in [6.07, 6.45) is 10.4. The number of hydrogen-bond acceptors (Lipinski definition) is 5. The maximum Gasteiger partial charge on any atom is 0.344 e. The standard InChI is InChI=1S/C33H52O5/c1-8-37-27(35)19-38-29(36)33-17-11-21(20(2)3)28(33)22-9-10-25-31(6,23(22)12-18-33)15-13-24-30(4,5)26(34)14-16-32(24,25)7/h21-26,28,34H,2,8-19H2,1,3-7H3/t21-,22?,23?,24?,25?,26-,28?,31-,32-,33-/m0/s1. The van der Waals surface area contributed by atoms with Crippen LogP contribution in [0.25, 0.3) is 0 Å². The first-order valence-electron chi connectivity index (χ1n) is 15.5. The largest absolute Gasteiger partial charge is 0.463 e. The van der Waals surface area contributed by atoms with Gasteiger partial charge in [0.25, 0.3) is 0 Å². The number of fused-ring (bicyclic) bond motifs is 7. The first kappa shape index (κ1) is 28.2. The summed E-state index contributed by atoms with van der Waals surface area (Å²) in [6, 6.07) is 0. The maximum atomic E-state index is 13.8. The highest BCUT2D eigenvalue weighted by atomic mass is 16.6. The van der Waals surface area contributed by atoms with Gasteiger partial charge in [-0.15, -0.1) is 0 Å². The molecule has 0 aromatic carbocycles. The van der Waals surface area contributed by atoms with Crippen LogP contribution in [0.3, 0.4) is 0 Å². The van der Waals surface area contributed by atoms with Crippen LogP contribution in [0.2, 0.25) is 0 Å². The van der Waals surface area contributed by atoms with E-state index in [0.29, 0.717) is 36.2 Å². The molecule has 1 N–H and O–H groups in total. The lowest BCUT2D eigenvalue weighted by Crippen LogP contribution is -2.63. The second kappa shape index (κ2) is 9.63. The van der Waals surface area contributed by atoms with E-state index in [9.17, 15) is 14.7 Å². The monoisotopic (exact) mass is 528 g/mol. The second-order valence-corrected chi connectivity index (χ2v) is 15.0. The van der Waals surface area contributed by atoms with Crippen molar-refractivity contribution >= 4 is 11.9 Å². The molecule has 0 heterocycles. The summed E-state index contributed by atoms with van der Waals surface area (Å²) in [5.74, 6) is 2.27. The lowest BCUT2D eigenvalue weighted by molar-refractivity contribution is -0.218. The van der Waals surface area contributed by atoms with Gasteiger partial charge >= 0.3 is 11.9 Å². The molecule has 5 heteroatoms. The van der Waals surface area contributed by atoms with Gasteiger partial charge in [-0.1, -0.05) is 39.8 Å². The molecule has 0 saturated heterocycles. The molecule has 10 atom stereocenters. The molecule has 0 aromatic heterocycles. The summed E-state index contributed by atoms with van der Waals surface area (Å²) in [7, 11) is 0. The van der Waals surface area contributed by atoms with Gasteiger partial charge in [0.05, 0.1) is 18.1 Å². The van der Waals surface area contributed by atoms with Crippen molar-refractivity contribution in [3.63, 3.8) is 0 Å². The van der Waals surface area contributed by atoms with Gasteiger partial charge in [-0.2, -0.15) is 0 Å². The molecule has 0 amide bonds. The fourth-order valence-electron chi connectivity index (χ4n) is 11.6. The fourth-order valence-corrected chi connectivity index (χ4v) is 11.6. The van der Waals surface area contributed by atoms with Crippen LogP contribution in [0.5, 0.6) is 0 Å². The summed E-state index contributed by atoms with van der Waals surface area (Å²) in [4.78, 5) is 25.8. The van der Waals surface area contributed by atoms with Crippen LogP contribution in [0, 0.1) is 57.2 Å². The third-order valence-electron chi connectivity index (χ3n) is 13.2. The summed E-state index contributed by atoms with van der Waals surface area (Å²) >= 11 is 0. The highest BCUT2D eigenvalue weighted by Crippen LogP contribution is 2.73. The van der Waals surface area contributed by atoms with E-state index in [1.807, 2.05) is 0 Å². The molecule has 5 rings (SSSR count). The molecule has 0 spiro atoms. The average Bonchev–Trinajstić information content (AvgIpc) is 3.27. The number of allylic oxidation sites excluding steroid dienone is 1. The minimum Gasteiger partial charge on any atom is -0.463 e. The zero-order valence-corrected chi connectivity index (χ0v) is 24.8. The number of ether oxygens (including phenoxy) is 2. The van der Waals surface area contributed by atoms with Crippen molar-refractivity contribution in [2.45, 2.75) is 112 Å². The first-order chi connectivity index (χ1) is 17.8. The lowest BCUT2D eigenvalue weighted by Gasteiger charge is -2.69. The smallest absolute Gasteiger partial charge is 0.344 e. The Balaban J connectivity index is 1.44. The summed E-state index contributed by atoms with van der Waals surface area (Å²) in [5, 5.41) is 10.9. The van der Waals surface area contributed by atoms with Crippen LogP contribution in [-0.2, 0) is 19.1 Å². The van der Waals surface area contributed by atoms with Crippen molar-refractivity contribution in [1.82, 2.24) is 0 Å². The van der Waals surface area contributed by atoms with Crippen molar-refractivity contribution in [3.05, 3.63) is 12.2 Å². The van der Waals surface area contributed by atoms with Gasteiger partial charge in [-0.05, 0) is 130 Å². The van der Waals surface area contributed by atoms with Crippen molar-refractivity contribution in [1.29, 1.82) is 0 Å². The molecule has 5 aliphatic carbocycles. The predicted octanol–water partition coefficient (Wildman–Crippen LogP) is 6.72. The van der Waals surface area contributed by atoms with Crippen LogP contribution in [0.4, 0.5) is 0 Å². The topological polar surface area (TPSA) is 72.8 Å². The Morgan fingerprint density at radius 3 is 2.24 bits per heavy atom. The summed E-state index contributed by atoms with van der Waals surface area (Å²) in [5.41, 5.74) is 1.18. The van der Waals surface area contributed by atoms with E-state index in [4.69, 9.17) is 9.47 Å². The number of hydrogen-bond donors (Lipinski definition) is 1. The minimum absolute atomic E-state index is 0.0356. The Kier molecular flexibility index (Phi) is 7.14. The number of esters is 2. The molecule has 214 valence electrons. The van der Waals surface area contributed by atoms with Crippen LogP contribution >= 0.6 is 0 Å². The van der Waals surface area contributed by atoms with Crippen molar-refractivity contribution in [2.75, 3.05) is 13.2 Å². The van der Waals surface area contributed by atoms with E-state index >= 15 is 0 Å². The van der Waals surface area contributed by atoms with Crippen molar-refractivity contribution < 1.29 is 24.2 Å². The molecule has 5 unspecified atom stereocenters. The van der Waals surface area contributed by atoms with Crippen molar-refractivity contribution in [2.24, 2.45) is 57.2 Å². The van der Waals surface area contributed by atoms with Crippen LogP contribution in [0.1, 0.15) is 106 Å². The summed E-state index contributed by atoms with van der Waals surface area (Å²) < 4.78 is 10.7. The Morgan fingerprint density at radius 1 is 0.868 bits per heavy atom. The van der Waals surface area contributed by atoms with Gasteiger partial charge in [-0.25, -0.2) is 4.79 Å². The third kappa shape index (κ3) is 3.95. The zero-order chi connectivity index (χ0) is 27.7. The molecule has 5 aliphatic rings. The molecular weight excluding hydrogens is 476 g/mol. The van der Waals surface area contributed by atoms with Crippen LogP contribution in [0.15, 0.2) is 12.2 Å². The number of carbonyl (C=O) groups excluding carboxylic acids is 2. The third-order valence-corrected chi connectivity index (χ3v) is 13.2. The Labute approximate surface area is 230 Å². The Morgan fingerprint density at radius 2 is 1.55 bits per heavy atom. The maximum absolute atomic E-state index is 13.8. The van der Waals surface area contributed by atoms with Gasteiger partial charge in [0.1, 0.15) is 0 Å². The lowest BCUT2D eigenvalue weighted by atomic mass is 9.36. The SMILES string of the molecule is C=C(C)[C@@H]1CC[C@]2(C(=O)OCC(=O)OCC)CCC3C(CCC4[C@@]3(C)CCC3C(C)(C)[C@@H](O)CC[C@@]34C)C12. The molecule has 0 aliphatic heterocycles. The quantitative estimate of drug-likeness (QED) is 0.317. The number of rotatable bonds is 5. The Hall–Kier alpha value is -1.36. The molecule has 5 saturated carbocycles. The van der Waals surface area contributed by atoms with Gasteiger partial charge in [-0.3, -0.25) is 4.79 Å². The van der Waals surface area contributed by atoms with Crippen LogP contribution < -0.4 is 0 Å². The van der Waals surface area contributed by atoms with E-state index < -0.39 is 11.4 Å². The normalized spacial score (nSPS) is 47.1. The predicted molar refractivity (Wildman–Crippen MR) is 148 cm³/mol. The van der Waals surface area contributed by atoms with Gasteiger partial charge in [0.2, 0.25) is 0 Å². The van der Waals surface area contributed by atoms with E-state index in [1.54, 1.807) is 6.92 Å². The highest BCUT2D eigenvalue weighted by molar-refractivity contribution is 5.81. The van der Waals surface area contributed by atoms with E-state index in [0.717, 1.165) is 44.9 Å². The highest BCUT2D eigenvalue weighted by Gasteiger charge is 2.68.